The molecular weight excluding hydrogens is 346 g/mol. The summed E-state index contributed by atoms with van der Waals surface area (Å²) < 4.78 is 34.7. The van der Waals surface area contributed by atoms with Crippen molar-refractivity contribution >= 4 is 10.0 Å². The third-order valence-corrected chi connectivity index (χ3v) is 7.17. The molecule has 2 aliphatic heterocycles. The molecule has 2 aromatic carbocycles. The van der Waals surface area contributed by atoms with E-state index in [4.69, 9.17) is 4.74 Å². The van der Waals surface area contributed by atoms with Gasteiger partial charge in [-0.25, -0.2) is 8.42 Å². The minimum absolute atomic E-state index is 0.336. The van der Waals surface area contributed by atoms with E-state index in [2.05, 4.69) is 6.08 Å². The van der Waals surface area contributed by atoms with Gasteiger partial charge in [-0.2, -0.15) is 4.31 Å². The van der Waals surface area contributed by atoms with Crippen molar-refractivity contribution in [2.24, 2.45) is 0 Å². The highest BCUT2D eigenvalue weighted by molar-refractivity contribution is 7.89. The summed E-state index contributed by atoms with van der Waals surface area (Å²) in [4.78, 5) is 0.336. The maximum atomic E-state index is 13.5. The summed E-state index contributed by atoms with van der Waals surface area (Å²) in [5.41, 5.74) is 1.42. The van der Waals surface area contributed by atoms with Crippen LogP contribution in [0.1, 0.15) is 30.0 Å². The van der Waals surface area contributed by atoms with Gasteiger partial charge in [0.25, 0.3) is 0 Å². The van der Waals surface area contributed by atoms with Crippen molar-refractivity contribution in [3.63, 3.8) is 0 Å². The predicted molar refractivity (Wildman–Crippen MR) is 101 cm³/mol. The molecule has 0 unspecified atom stereocenters. The molecule has 4 nitrogen and oxygen atoms in total. The number of rotatable bonds is 3. The van der Waals surface area contributed by atoms with Crippen LogP contribution in [0.4, 0.5) is 0 Å². The van der Waals surface area contributed by atoms with E-state index in [1.54, 1.807) is 16.4 Å². The van der Waals surface area contributed by atoms with Crippen LogP contribution in [-0.4, -0.2) is 31.5 Å². The zero-order valence-corrected chi connectivity index (χ0v) is 15.7. The smallest absolute Gasteiger partial charge is 0.243 e. The highest BCUT2D eigenvalue weighted by Crippen LogP contribution is 2.46. The number of benzene rings is 2. The largest absolute Gasteiger partial charge is 0.365 e. The molecule has 0 saturated carbocycles. The molecule has 2 heterocycles. The quantitative estimate of drug-likeness (QED) is 0.772. The Morgan fingerprint density at radius 1 is 1.08 bits per heavy atom. The van der Waals surface area contributed by atoms with Crippen LogP contribution in [0.15, 0.2) is 71.6 Å². The maximum absolute atomic E-state index is 13.5. The first-order valence-electron chi connectivity index (χ1n) is 8.98. The molecule has 1 spiro atoms. The van der Waals surface area contributed by atoms with E-state index in [0.717, 1.165) is 24.0 Å². The Balaban J connectivity index is 1.82. The number of sulfonamides is 1. The molecule has 1 fully saturated rings. The lowest BCUT2D eigenvalue weighted by Crippen LogP contribution is -2.52. The summed E-state index contributed by atoms with van der Waals surface area (Å²) in [7, 11) is -3.62. The second-order valence-electron chi connectivity index (χ2n) is 7.01. The number of hydrogen-bond acceptors (Lipinski definition) is 3. The zero-order valence-electron chi connectivity index (χ0n) is 14.8. The van der Waals surface area contributed by atoms with Gasteiger partial charge in [0.05, 0.1) is 17.5 Å². The SMILES string of the molecule is Cc1ccc(S(=O)(=O)N2CCC[C@]3(C=CCO3)[C@H]2c2ccccc2)cc1. The second kappa shape index (κ2) is 6.65. The normalized spacial score (nSPS) is 26.4. The van der Waals surface area contributed by atoms with Crippen molar-refractivity contribution in [1.82, 2.24) is 4.31 Å². The average molecular weight is 369 g/mol. The number of nitrogens with zero attached hydrogens (tertiary/aromatic N) is 1. The van der Waals surface area contributed by atoms with Crippen LogP contribution in [0, 0.1) is 6.92 Å². The standard InChI is InChI=1S/C21H23NO3S/c1-17-9-11-19(12-10-17)26(23,24)22-15-5-13-21(14-6-16-25-21)20(22)18-7-3-2-4-8-18/h2-4,6-12,14,20H,5,13,15-16H2,1H3/t20-,21+/m1/s1. The zero-order chi connectivity index (χ0) is 18.2. The van der Waals surface area contributed by atoms with Crippen LogP contribution in [0.5, 0.6) is 0 Å². The van der Waals surface area contributed by atoms with Crippen molar-refractivity contribution in [2.75, 3.05) is 13.2 Å². The van der Waals surface area contributed by atoms with E-state index in [-0.39, 0.29) is 6.04 Å². The topological polar surface area (TPSA) is 46.6 Å². The molecule has 136 valence electrons. The molecule has 0 bridgehead atoms. The summed E-state index contributed by atoms with van der Waals surface area (Å²) in [5.74, 6) is 0. The summed E-state index contributed by atoms with van der Waals surface area (Å²) in [6.07, 6.45) is 5.65. The van der Waals surface area contributed by atoms with E-state index >= 15 is 0 Å². The second-order valence-corrected chi connectivity index (χ2v) is 8.90. The molecule has 1 saturated heterocycles. The lowest BCUT2D eigenvalue weighted by Gasteiger charge is -2.46. The number of ether oxygens (including phenoxy) is 1. The molecule has 0 amide bonds. The number of hydrogen-bond donors (Lipinski definition) is 0. The molecule has 0 N–H and O–H groups in total. The Morgan fingerprint density at radius 2 is 1.81 bits per heavy atom. The molecule has 0 aromatic heterocycles. The first kappa shape index (κ1) is 17.5. The molecular formula is C21H23NO3S. The van der Waals surface area contributed by atoms with Gasteiger partial charge < -0.3 is 4.74 Å². The molecule has 0 aliphatic carbocycles. The van der Waals surface area contributed by atoms with Gasteiger partial charge in [-0.15, -0.1) is 0 Å². The van der Waals surface area contributed by atoms with Gasteiger partial charge in [0.15, 0.2) is 0 Å². The molecule has 4 rings (SSSR count). The van der Waals surface area contributed by atoms with E-state index in [1.807, 2.05) is 55.5 Å². The van der Waals surface area contributed by atoms with Crippen molar-refractivity contribution in [2.45, 2.75) is 36.3 Å². The fourth-order valence-corrected chi connectivity index (χ4v) is 5.73. The van der Waals surface area contributed by atoms with E-state index in [1.165, 1.54) is 0 Å². The predicted octanol–water partition coefficient (Wildman–Crippen LogP) is 3.85. The van der Waals surface area contributed by atoms with Gasteiger partial charge in [0, 0.05) is 6.54 Å². The van der Waals surface area contributed by atoms with Crippen LogP contribution < -0.4 is 0 Å². The monoisotopic (exact) mass is 369 g/mol. The van der Waals surface area contributed by atoms with Gasteiger partial charge in [0.2, 0.25) is 10.0 Å². The van der Waals surface area contributed by atoms with Crippen LogP contribution >= 0.6 is 0 Å². The number of aryl methyl sites for hydroxylation is 1. The van der Waals surface area contributed by atoms with Gasteiger partial charge in [-0.3, -0.25) is 0 Å². The van der Waals surface area contributed by atoms with Crippen molar-refractivity contribution in [3.8, 4) is 0 Å². The Morgan fingerprint density at radius 3 is 2.46 bits per heavy atom. The van der Waals surface area contributed by atoms with E-state index in [9.17, 15) is 8.42 Å². The Kier molecular flexibility index (Phi) is 4.47. The summed E-state index contributed by atoms with van der Waals surface area (Å²) in [6, 6.07) is 16.5. The number of piperidine rings is 1. The van der Waals surface area contributed by atoms with Crippen LogP contribution in [0.2, 0.25) is 0 Å². The third-order valence-electron chi connectivity index (χ3n) is 5.29. The van der Waals surface area contributed by atoms with Gasteiger partial charge in [-0.1, -0.05) is 60.2 Å². The Hall–Kier alpha value is -1.95. The summed E-state index contributed by atoms with van der Waals surface area (Å²) in [6.45, 7) is 2.98. The fraction of sp³-hybridized carbons (Fsp3) is 0.333. The first-order valence-corrected chi connectivity index (χ1v) is 10.4. The van der Waals surface area contributed by atoms with Crippen molar-refractivity contribution in [1.29, 1.82) is 0 Å². The average Bonchev–Trinajstić information content (AvgIpc) is 3.11. The molecule has 26 heavy (non-hydrogen) atoms. The Labute approximate surface area is 155 Å². The lowest BCUT2D eigenvalue weighted by molar-refractivity contribution is -0.0534. The lowest BCUT2D eigenvalue weighted by atomic mass is 9.82. The molecule has 2 atom stereocenters. The molecule has 0 radical (unpaired) electrons. The summed E-state index contributed by atoms with van der Waals surface area (Å²) in [5, 5.41) is 0. The molecule has 5 heteroatoms. The van der Waals surface area contributed by atoms with E-state index in [0.29, 0.717) is 18.0 Å². The highest BCUT2D eigenvalue weighted by Gasteiger charge is 2.50. The van der Waals surface area contributed by atoms with Crippen LogP contribution in [-0.2, 0) is 14.8 Å². The van der Waals surface area contributed by atoms with Crippen molar-refractivity contribution < 1.29 is 13.2 Å². The van der Waals surface area contributed by atoms with E-state index < -0.39 is 15.6 Å². The van der Waals surface area contributed by atoms with Gasteiger partial charge in [0.1, 0.15) is 5.60 Å². The molecule has 2 aliphatic rings. The van der Waals surface area contributed by atoms with Crippen LogP contribution in [0.25, 0.3) is 0 Å². The summed E-state index contributed by atoms with van der Waals surface area (Å²) >= 11 is 0. The Bertz CT molecular complexity index is 906. The molecule has 2 aromatic rings. The van der Waals surface area contributed by atoms with Crippen LogP contribution in [0.3, 0.4) is 0 Å². The minimum Gasteiger partial charge on any atom is -0.365 e. The maximum Gasteiger partial charge on any atom is 0.243 e. The minimum atomic E-state index is -3.62. The fourth-order valence-electron chi connectivity index (χ4n) is 4.03. The highest BCUT2D eigenvalue weighted by atomic mass is 32.2. The van der Waals surface area contributed by atoms with Gasteiger partial charge in [-0.05, 0) is 37.5 Å². The third kappa shape index (κ3) is 2.90. The van der Waals surface area contributed by atoms with Gasteiger partial charge >= 0.3 is 0 Å². The first-order chi connectivity index (χ1) is 12.5. The van der Waals surface area contributed by atoms with Crippen molar-refractivity contribution in [3.05, 3.63) is 77.9 Å².